The lowest BCUT2D eigenvalue weighted by Crippen LogP contribution is -1.83. The van der Waals surface area contributed by atoms with Gasteiger partial charge in [-0.25, -0.2) is 4.98 Å². The molecule has 29 heavy (non-hydrogen) atoms. The normalized spacial score (nSPS) is 11.4. The molecule has 2 nitrogen and oxygen atoms in total. The average Bonchev–Trinajstić information content (AvgIpc) is 3.21. The van der Waals surface area contributed by atoms with Crippen LogP contribution in [-0.2, 0) is 0 Å². The molecule has 0 unspecified atom stereocenters. The third-order valence-corrected chi connectivity index (χ3v) is 5.63. The first kappa shape index (κ1) is 16.1. The molecule has 1 N–H and O–H groups in total. The lowest BCUT2D eigenvalue weighted by molar-refractivity contribution is 1.35. The molecule has 0 aliphatic carbocycles. The molecule has 0 spiro atoms. The first-order chi connectivity index (χ1) is 14.4. The summed E-state index contributed by atoms with van der Waals surface area (Å²) in [6.07, 6.45) is 0. The van der Waals surface area contributed by atoms with E-state index in [4.69, 9.17) is 4.98 Å². The van der Waals surface area contributed by atoms with E-state index >= 15 is 0 Å². The first-order valence-electron chi connectivity index (χ1n) is 9.83. The molecular formula is C27H18N2. The van der Waals surface area contributed by atoms with E-state index in [2.05, 4.69) is 108 Å². The van der Waals surface area contributed by atoms with Crippen LogP contribution in [0.5, 0.6) is 0 Å². The van der Waals surface area contributed by atoms with Crippen molar-refractivity contribution in [2.45, 2.75) is 0 Å². The van der Waals surface area contributed by atoms with Crippen LogP contribution in [0.2, 0.25) is 0 Å². The molecule has 0 fully saturated rings. The Morgan fingerprint density at radius 1 is 0.552 bits per heavy atom. The summed E-state index contributed by atoms with van der Waals surface area (Å²) < 4.78 is 0. The summed E-state index contributed by atoms with van der Waals surface area (Å²) in [7, 11) is 0. The van der Waals surface area contributed by atoms with Crippen molar-refractivity contribution in [2.24, 2.45) is 0 Å². The summed E-state index contributed by atoms with van der Waals surface area (Å²) >= 11 is 0. The van der Waals surface area contributed by atoms with Crippen molar-refractivity contribution in [1.82, 2.24) is 9.97 Å². The predicted octanol–water partition coefficient (Wildman–Crippen LogP) is 7.20. The molecule has 1 aromatic heterocycles. The fraction of sp³-hybridized carbons (Fsp3) is 0. The molecule has 0 atom stereocenters. The maximum atomic E-state index is 4.87. The largest absolute Gasteiger partial charge is 0.338 e. The van der Waals surface area contributed by atoms with Crippen LogP contribution in [0.1, 0.15) is 0 Å². The third-order valence-electron chi connectivity index (χ3n) is 5.63. The fourth-order valence-electron chi connectivity index (χ4n) is 4.21. The number of hydrogen-bond donors (Lipinski definition) is 1. The highest BCUT2D eigenvalue weighted by Crippen LogP contribution is 2.32. The molecule has 0 saturated carbocycles. The lowest BCUT2D eigenvalue weighted by atomic mass is 9.98. The number of rotatable bonds is 2. The van der Waals surface area contributed by atoms with Gasteiger partial charge in [-0.3, -0.25) is 0 Å². The van der Waals surface area contributed by atoms with E-state index in [9.17, 15) is 0 Å². The quantitative estimate of drug-likeness (QED) is 0.343. The Morgan fingerprint density at radius 2 is 1.17 bits per heavy atom. The van der Waals surface area contributed by atoms with E-state index in [-0.39, 0.29) is 0 Å². The first-order valence-corrected chi connectivity index (χ1v) is 9.83. The summed E-state index contributed by atoms with van der Waals surface area (Å²) in [6.45, 7) is 0. The topological polar surface area (TPSA) is 28.7 Å². The summed E-state index contributed by atoms with van der Waals surface area (Å²) in [5.74, 6) is 0.909. The van der Waals surface area contributed by atoms with E-state index in [1.807, 2.05) is 0 Å². The highest BCUT2D eigenvalue weighted by molar-refractivity contribution is 5.99. The van der Waals surface area contributed by atoms with Crippen molar-refractivity contribution in [3.63, 3.8) is 0 Å². The van der Waals surface area contributed by atoms with Crippen LogP contribution in [0.3, 0.4) is 0 Å². The van der Waals surface area contributed by atoms with E-state index in [0.717, 1.165) is 22.4 Å². The minimum absolute atomic E-state index is 0.909. The van der Waals surface area contributed by atoms with Crippen molar-refractivity contribution < 1.29 is 0 Å². The van der Waals surface area contributed by atoms with Crippen LogP contribution in [-0.4, -0.2) is 9.97 Å². The molecule has 2 heteroatoms. The van der Waals surface area contributed by atoms with Gasteiger partial charge >= 0.3 is 0 Å². The molecule has 0 aliphatic rings. The van der Waals surface area contributed by atoms with Crippen molar-refractivity contribution in [2.75, 3.05) is 0 Å². The molecule has 0 aliphatic heterocycles. The van der Waals surface area contributed by atoms with Gasteiger partial charge in [0.05, 0.1) is 11.0 Å². The number of nitrogens with one attached hydrogen (secondary N) is 1. The number of fused-ring (bicyclic) bond motifs is 3. The number of H-pyrrole nitrogens is 1. The Morgan fingerprint density at radius 3 is 1.93 bits per heavy atom. The molecule has 1 heterocycles. The smallest absolute Gasteiger partial charge is 0.139 e. The van der Waals surface area contributed by atoms with Gasteiger partial charge in [-0.15, -0.1) is 0 Å². The molecule has 6 aromatic rings. The summed E-state index contributed by atoms with van der Waals surface area (Å²) in [6, 6.07) is 36.3. The van der Waals surface area contributed by atoms with E-state index in [1.165, 1.54) is 32.7 Å². The van der Waals surface area contributed by atoms with Gasteiger partial charge in [-0.2, -0.15) is 0 Å². The van der Waals surface area contributed by atoms with Crippen LogP contribution in [0.25, 0.3) is 55.1 Å². The van der Waals surface area contributed by atoms with Gasteiger partial charge in [0.15, 0.2) is 0 Å². The zero-order chi connectivity index (χ0) is 19.2. The van der Waals surface area contributed by atoms with Gasteiger partial charge in [-0.1, -0.05) is 91.0 Å². The highest BCUT2D eigenvalue weighted by Gasteiger charge is 2.10. The Kier molecular flexibility index (Phi) is 3.50. The highest BCUT2D eigenvalue weighted by atomic mass is 14.9. The van der Waals surface area contributed by atoms with E-state index < -0.39 is 0 Å². The Bertz CT molecular complexity index is 1420. The fourth-order valence-corrected chi connectivity index (χ4v) is 4.21. The average molecular weight is 370 g/mol. The third kappa shape index (κ3) is 2.61. The van der Waals surface area contributed by atoms with Gasteiger partial charge < -0.3 is 4.98 Å². The van der Waals surface area contributed by atoms with Crippen molar-refractivity contribution in [1.29, 1.82) is 0 Å². The van der Waals surface area contributed by atoms with E-state index in [1.54, 1.807) is 0 Å². The zero-order valence-electron chi connectivity index (χ0n) is 15.8. The molecule has 0 bridgehead atoms. The summed E-state index contributed by atoms with van der Waals surface area (Å²) in [5.41, 5.74) is 5.61. The second kappa shape index (κ2) is 6.32. The van der Waals surface area contributed by atoms with Crippen LogP contribution in [0.4, 0.5) is 0 Å². The number of hydrogen-bond acceptors (Lipinski definition) is 1. The maximum absolute atomic E-state index is 4.87. The van der Waals surface area contributed by atoms with Gasteiger partial charge in [0, 0.05) is 5.56 Å². The molecule has 5 aromatic carbocycles. The van der Waals surface area contributed by atoms with Crippen LogP contribution >= 0.6 is 0 Å². The van der Waals surface area contributed by atoms with Crippen LogP contribution in [0, 0.1) is 0 Å². The molecule has 0 saturated heterocycles. The second-order valence-electron chi connectivity index (χ2n) is 7.37. The van der Waals surface area contributed by atoms with E-state index in [0.29, 0.717) is 0 Å². The molecular weight excluding hydrogens is 352 g/mol. The zero-order valence-corrected chi connectivity index (χ0v) is 15.8. The van der Waals surface area contributed by atoms with Gasteiger partial charge in [0.1, 0.15) is 5.82 Å². The van der Waals surface area contributed by atoms with Gasteiger partial charge in [0.25, 0.3) is 0 Å². The number of aromatic amines is 1. The minimum Gasteiger partial charge on any atom is -0.338 e. The number of imidazole rings is 1. The van der Waals surface area contributed by atoms with Crippen LogP contribution in [0.15, 0.2) is 103 Å². The lowest BCUT2D eigenvalue weighted by Gasteiger charge is -2.06. The van der Waals surface area contributed by atoms with Crippen LogP contribution < -0.4 is 0 Å². The SMILES string of the molecule is c1ccc2c(-c3ccc4nc(-c5cccc6ccccc56)[nH]c4c3)cccc2c1. The predicted molar refractivity (Wildman–Crippen MR) is 122 cm³/mol. The second-order valence-corrected chi connectivity index (χ2v) is 7.37. The molecule has 0 radical (unpaired) electrons. The Hall–Kier alpha value is -3.91. The van der Waals surface area contributed by atoms with Crippen molar-refractivity contribution in [3.8, 4) is 22.5 Å². The maximum Gasteiger partial charge on any atom is 0.139 e. The number of aromatic nitrogens is 2. The molecule has 6 rings (SSSR count). The van der Waals surface area contributed by atoms with Gasteiger partial charge in [-0.05, 0) is 44.8 Å². The Labute approximate surface area is 168 Å². The van der Waals surface area contributed by atoms with Crippen molar-refractivity contribution >= 4 is 32.6 Å². The Balaban J connectivity index is 1.53. The van der Waals surface area contributed by atoms with Gasteiger partial charge in [0.2, 0.25) is 0 Å². The molecule has 136 valence electrons. The summed E-state index contributed by atoms with van der Waals surface area (Å²) in [4.78, 5) is 8.43. The minimum atomic E-state index is 0.909. The van der Waals surface area contributed by atoms with Crippen molar-refractivity contribution in [3.05, 3.63) is 103 Å². The monoisotopic (exact) mass is 370 g/mol. The number of nitrogens with zero attached hydrogens (tertiary/aromatic N) is 1. The number of benzene rings is 5. The molecule has 0 amide bonds. The summed E-state index contributed by atoms with van der Waals surface area (Å²) in [5, 5.41) is 4.96. The standard InChI is InChI=1S/C27H18N2/c1-3-11-21-18(7-1)9-5-13-23(21)20-15-16-25-26(17-20)29-27(28-25)24-14-6-10-19-8-2-4-12-22(19)24/h1-17H,(H,28,29).